The van der Waals surface area contributed by atoms with Crippen LogP contribution in [0.5, 0.6) is 0 Å². The number of nitrogens with one attached hydrogen (secondary N) is 1. The van der Waals surface area contributed by atoms with Crippen LogP contribution in [0.1, 0.15) is 21.6 Å². The van der Waals surface area contributed by atoms with E-state index < -0.39 is 0 Å². The van der Waals surface area contributed by atoms with Gasteiger partial charge >= 0.3 is 0 Å². The van der Waals surface area contributed by atoms with E-state index in [0.717, 1.165) is 31.0 Å². The molecule has 0 fully saturated rings. The maximum atomic E-state index is 6.39. The minimum atomic E-state index is 0.855. The van der Waals surface area contributed by atoms with E-state index in [4.69, 9.17) is 11.6 Å². The smallest absolute Gasteiger partial charge is 0.0481 e. The van der Waals surface area contributed by atoms with Crippen molar-refractivity contribution in [1.82, 2.24) is 5.32 Å². The molecule has 0 atom stereocenters. The largest absolute Gasteiger partial charge is 0.316 e. The molecule has 1 aromatic heterocycles. The van der Waals surface area contributed by atoms with E-state index in [2.05, 4.69) is 41.0 Å². The van der Waals surface area contributed by atoms with Crippen LogP contribution in [0, 0.1) is 0 Å². The number of rotatable bonds is 2. The van der Waals surface area contributed by atoms with Crippen LogP contribution in [0.15, 0.2) is 29.6 Å². The minimum absolute atomic E-state index is 0.855. The Hall–Kier alpha value is -1.09. The predicted molar refractivity (Wildman–Crippen MR) is 85.0 cm³/mol. The first-order valence-electron chi connectivity index (χ1n) is 6.57. The second-order valence-electron chi connectivity index (χ2n) is 4.70. The summed E-state index contributed by atoms with van der Waals surface area (Å²) in [6, 6.07) is 8.40. The highest BCUT2D eigenvalue weighted by atomic mass is 35.5. The van der Waals surface area contributed by atoms with Crippen LogP contribution in [0.25, 0.3) is 12.2 Å². The van der Waals surface area contributed by atoms with Crippen molar-refractivity contribution < 1.29 is 0 Å². The summed E-state index contributed by atoms with van der Waals surface area (Å²) in [5, 5.41) is 6.39. The molecule has 0 amide bonds. The first kappa shape index (κ1) is 12.9. The lowest BCUT2D eigenvalue weighted by atomic mass is 9.96. The third-order valence-corrected chi connectivity index (χ3v) is 4.65. The highest BCUT2D eigenvalue weighted by Gasteiger charge is 2.12. The fourth-order valence-corrected chi connectivity index (χ4v) is 3.36. The highest BCUT2D eigenvalue weighted by Crippen LogP contribution is 2.28. The number of fused-ring (bicyclic) bond motifs is 1. The predicted octanol–water partition coefficient (Wildman–Crippen LogP) is 4.26. The maximum Gasteiger partial charge on any atom is 0.0481 e. The van der Waals surface area contributed by atoms with Crippen LogP contribution < -0.4 is 5.32 Å². The molecule has 1 nitrogen and oxygen atoms in total. The summed E-state index contributed by atoms with van der Waals surface area (Å²) in [4.78, 5) is 1.26. The molecule has 98 valence electrons. The summed E-state index contributed by atoms with van der Waals surface area (Å²) in [5.41, 5.74) is 4.03. The Kier molecular flexibility index (Phi) is 4.02. The van der Waals surface area contributed by atoms with Crippen molar-refractivity contribution in [2.75, 3.05) is 13.1 Å². The number of hydrogen-bond donors (Lipinski definition) is 1. The Labute approximate surface area is 122 Å². The van der Waals surface area contributed by atoms with Gasteiger partial charge in [0.15, 0.2) is 0 Å². The van der Waals surface area contributed by atoms with Crippen LogP contribution in [0.3, 0.4) is 0 Å². The van der Waals surface area contributed by atoms with E-state index in [1.807, 2.05) is 6.07 Å². The molecule has 3 heteroatoms. The van der Waals surface area contributed by atoms with Gasteiger partial charge in [-0.3, -0.25) is 0 Å². The Morgan fingerprint density at radius 1 is 1.11 bits per heavy atom. The molecule has 0 saturated heterocycles. The van der Waals surface area contributed by atoms with Gasteiger partial charge in [0.05, 0.1) is 0 Å². The molecule has 0 bridgehead atoms. The van der Waals surface area contributed by atoms with Gasteiger partial charge in [0.1, 0.15) is 0 Å². The van der Waals surface area contributed by atoms with E-state index in [1.165, 1.54) is 21.6 Å². The van der Waals surface area contributed by atoms with Gasteiger partial charge in [-0.05, 0) is 66.2 Å². The van der Waals surface area contributed by atoms with Crippen molar-refractivity contribution in [3.8, 4) is 0 Å². The van der Waals surface area contributed by atoms with Gasteiger partial charge in [-0.15, -0.1) is 11.3 Å². The monoisotopic (exact) mass is 289 g/mol. The standard InChI is InChI=1S/C16H16ClNS/c17-16-6-3-12-7-9-18-10-8-14(12)15(16)5-4-13-2-1-11-19-13/h1-6,11,18H,7-10H2/b5-4-. The van der Waals surface area contributed by atoms with Crippen molar-refractivity contribution >= 4 is 35.1 Å². The molecule has 2 heterocycles. The van der Waals surface area contributed by atoms with E-state index in [9.17, 15) is 0 Å². The van der Waals surface area contributed by atoms with Crippen LogP contribution in [-0.4, -0.2) is 13.1 Å². The maximum absolute atomic E-state index is 6.39. The van der Waals surface area contributed by atoms with E-state index in [-0.39, 0.29) is 0 Å². The van der Waals surface area contributed by atoms with Crippen molar-refractivity contribution in [3.05, 3.63) is 56.2 Å². The number of benzene rings is 1. The topological polar surface area (TPSA) is 12.0 Å². The molecule has 1 N–H and O–H groups in total. The number of hydrogen-bond acceptors (Lipinski definition) is 2. The normalized spacial score (nSPS) is 15.4. The molecule has 0 saturated carbocycles. The molecule has 1 aromatic carbocycles. The van der Waals surface area contributed by atoms with Crippen molar-refractivity contribution in [1.29, 1.82) is 0 Å². The Balaban J connectivity index is 2.00. The zero-order chi connectivity index (χ0) is 13.1. The summed E-state index contributed by atoms with van der Waals surface area (Å²) >= 11 is 8.13. The molecule has 19 heavy (non-hydrogen) atoms. The van der Waals surface area contributed by atoms with Crippen molar-refractivity contribution in [2.45, 2.75) is 12.8 Å². The minimum Gasteiger partial charge on any atom is -0.316 e. The van der Waals surface area contributed by atoms with Crippen molar-refractivity contribution in [3.63, 3.8) is 0 Å². The zero-order valence-corrected chi connectivity index (χ0v) is 12.2. The fourth-order valence-electron chi connectivity index (χ4n) is 2.50. The second kappa shape index (κ2) is 5.91. The van der Waals surface area contributed by atoms with Gasteiger partial charge in [0, 0.05) is 9.90 Å². The van der Waals surface area contributed by atoms with Gasteiger partial charge in [-0.1, -0.05) is 29.8 Å². The summed E-state index contributed by atoms with van der Waals surface area (Å²) in [6.07, 6.45) is 6.47. The van der Waals surface area contributed by atoms with E-state index in [1.54, 1.807) is 11.3 Å². The molecule has 1 aliphatic rings. The molecular weight excluding hydrogens is 274 g/mol. The first-order chi connectivity index (χ1) is 9.34. The Bertz CT molecular complexity index is 587. The average Bonchev–Trinajstić information content (AvgIpc) is 2.82. The molecule has 0 spiro atoms. The molecular formula is C16H16ClNS. The van der Waals surface area contributed by atoms with Crippen molar-refractivity contribution in [2.24, 2.45) is 0 Å². The van der Waals surface area contributed by atoms with Crippen LogP contribution in [0.4, 0.5) is 0 Å². The third kappa shape index (κ3) is 2.92. The Morgan fingerprint density at radius 2 is 2.00 bits per heavy atom. The van der Waals surface area contributed by atoms with Crippen LogP contribution in [-0.2, 0) is 12.8 Å². The summed E-state index contributed by atoms with van der Waals surface area (Å²) in [6.45, 7) is 2.09. The van der Waals surface area contributed by atoms with Gasteiger partial charge in [-0.2, -0.15) is 0 Å². The summed E-state index contributed by atoms with van der Waals surface area (Å²) in [7, 11) is 0. The number of halogens is 1. The summed E-state index contributed by atoms with van der Waals surface area (Å²) < 4.78 is 0. The van der Waals surface area contributed by atoms with E-state index in [0.29, 0.717) is 0 Å². The average molecular weight is 290 g/mol. The van der Waals surface area contributed by atoms with Gasteiger partial charge in [-0.25, -0.2) is 0 Å². The highest BCUT2D eigenvalue weighted by molar-refractivity contribution is 7.10. The van der Waals surface area contributed by atoms with Gasteiger partial charge in [0.2, 0.25) is 0 Å². The first-order valence-corrected chi connectivity index (χ1v) is 7.83. The van der Waals surface area contributed by atoms with Gasteiger partial charge < -0.3 is 5.32 Å². The van der Waals surface area contributed by atoms with E-state index >= 15 is 0 Å². The fraction of sp³-hybridized carbons (Fsp3) is 0.250. The number of thiophene rings is 1. The zero-order valence-electron chi connectivity index (χ0n) is 10.7. The third-order valence-electron chi connectivity index (χ3n) is 3.48. The van der Waals surface area contributed by atoms with Crippen LogP contribution >= 0.6 is 22.9 Å². The molecule has 1 aliphatic heterocycles. The Morgan fingerprint density at radius 3 is 2.84 bits per heavy atom. The molecule has 3 rings (SSSR count). The van der Waals surface area contributed by atoms with Gasteiger partial charge in [0.25, 0.3) is 0 Å². The quantitative estimate of drug-likeness (QED) is 0.871. The molecule has 2 aromatic rings. The second-order valence-corrected chi connectivity index (χ2v) is 6.08. The lowest BCUT2D eigenvalue weighted by molar-refractivity contribution is 0.711. The molecule has 0 unspecified atom stereocenters. The van der Waals surface area contributed by atoms with Crippen LogP contribution in [0.2, 0.25) is 5.02 Å². The SMILES string of the molecule is Clc1ccc2c(c1/C=C\c1cccs1)CCNCC2. The summed E-state index contributed by atoms with van der Waals surface area (Å²) in [5.74, 6) is 0. The lowest BCUT2D eigenvalue weighted by Crippen LogP contribution is -2.16. The lowest BCUT2D eigenvalue weighted by Gasteiger charge is -2.11. The molecule has 0 aliphatic carbocycles. The molecule has 0 radical (unpaired) electrons.